The number of hydrogen-bond donors (Lipinski definition) is 2. The van der Waals surface area contributed by atoms with Crippen LogP contribution in [0.5, 0.6) is 5.75 Å². The third kappa shape index (κ3) is 6.14. The monoisotopic (exact) mass is 538 g/mol. The van der Waals surface area contributed by atoms with Crippen LogP contribution in [0.2, 0.25) is 0 Å². The Hall–Kier alpha value is -4.94. The van der Waals surface area contributed by atoms with Gasteiger partial charge in [0.1, 0.15) is 35.0 Å². The molecule has 2 aromatic carbocycles. The molecule has 0 spiro atoms. The summed E-state index contributed by atoms with van der Waals surface area (Å²) in [6.07, 6.45) is 2.70. The molecular weight excluding hydrogens is 514 g/mol. The van der Waals surface area contributed by atoms with E-state index in [1.54, 1.807) is 46.2 Å². The third-order valence-electron chi connectivity index (χ3n) is 6.15. The predicted molar refractivity (Wildman–Crippen MR) is 136 cm³/mol. The standard InChI is InChI=1S/C26H24F2N6O5/c27-21-11-18(23-13-20(39-31-23)15-29-24-5-10-38-32-24)12-22(28)26(21)34-8-6-33(7-9-34)25(35)16-37-19-3-1-17(2-4-19)14-30-36/h1-5,10-14,36H,6-9,15-16H2,(H,29,32). The fraction of sp³-hybridized carbons (Fsp3) is 0.231. The van der Waals surface area contributed by atoms with Gasteiger partial charge in [0, 0.05) is 43.9 Å². The first-order chi connectivity index (χ1) is 19.0. The highest BCUT2D eigenvalue weighted by atomic mass is 19.1. The fourth-order valence-corrected chi connectivity index (χ4v) is 4.16. The van der Waals surface area contributed by atoms with Gasteiger partial charge in [-0.3, -0.25) is 4.79 Å². The topological polar surface area (TPSA) is 129 Å². The van der Waals surface area contributed by atoms with Crippen molar-refractivity contribution in [2.24, 2.45) is 5.16 Å². The number of hydrogen-bond acceptors (Lipinski definition) is 10. The van der Waals surface area contributed by atoms with Gasteiger partial charge in [0.25, 0.3) is 5.91 Å². The number of benzene rings is 2. The van der Waals surface area contributed by atoms with Gasteiger partial charge < -0.3 is 34.1 Å². The molecule has 0 aliphatic carbocycles. The molecule has 202 valence electrons. The lowest BCUT2D eigenvalue weighted by Crippen LogP contribution is -2.50. The average molecular weight is 539 g/mol. The van der Waals surface area contributed by atoms with Crippen molar-refractivity contribution in [3.63, 3.8) is 0 Å². The highest BCUT2D eigenvalue weighted by molar-refractivity contribution is 5.79. The molecule has 3 heterocycles. The molecule has 0 saturated carbocycles. The quantitative estimate of drug-likeness (QED) is 0.186. The van der Waals surface area contributed by atoms with Crippen molar-refractivity contribution in [2.75, 3.05) is 43.0 Å². The summed E-state index contributed by atoms with van der Waals surface area (Å²) in [5.74, 6) is -0.223. The molecule has 39 heavy (non-hydrogen) atoms. The van der Waals surface area contributed by atoms with Crippen molar-refractivity contribution < 1.29 is 32.6 Å². The smallest absolute Gasteiger partial charge is 0.260 e. The van der Waals surface area contributed by atoms with Crippen LogP contribution in [0.1, 0.15) is 11.3 Å². The lowest BCUT2D eigenvalue weighted by molar-refractivity contribution is -0.133. The molecular formula is C26H24F2N6O5. The van der Waals surface area contributed by atoms with Crippen LogP contribution in [0.4, 0.5) is 20.3 Å². The lowest BCUT2D eigenvalue weighted by Gasteiger charge is -2.36. The summed E-state index contributed by atoms with van der Waals surface area (Å²) < 4.78 is 45.7. The molecule has 1 aliphatic rings. The molecule has 0 unspecified atom stereocenters. The van der Waals surface area contributed by atoms with E-state index in [1.807, 2.05) is 0 Å². The van der Waals surface area contributed by atoms with Crippen LogP contribution < -0.4 is 15.0 Å². The Balaban J connectivity index is 1.15. The Morgan fingerprint density at radius 3 is 2.49 bits per heavy atom. The van der Waals surface area contributed by atoms with E-state index in [1.165, 1.54) is 24.6 Å². The first-order valence-electron chi connectivity index (χ1n) is 12.0. The normalized spacial score (nSPS) is 13.7. The minimum Gasteiger partial charge on any atom is -0.484 e. The van der Waals surface area contributed by atoms with Crippen molar-refractivity contribution >= 4 is 23.6 Å². The van der Waals surface area contributed by atoms with Crippen LogP contribution in [0, 0.1) is 11.6 Å². The minimum atomic E-state index is -0.729. The molecule has 1 saturated heterocycles. The SMILES string of the molecule is O=C(COc1ccc(C=NO)cc1)N1CCN(c2c(F)cc(-c3cc(CNc4ccon4)on3)cc2F)CC1. The molecule has 11 nitrogen and oxygen atoms in total. The Morgan fingerprint density at radius 2 is 1.82 bits per heavy atom. The molecule has 0 atom stereocenters. The Bertz CT molecular complexity index is 1410. The van der Waals surface area contributed by atoms with Crippen LogP contribution in [-0.2, 0) is 11.3 Å². The van der Waals surface area contributed by atoms with Crippen molar-refractivity contribution in [1.82, 2.24) is 15.2 Å². The van der Waals surface area contributed by atoms with E-state index >= 15 is 8.78 Å². The maximum absolute atomic E-state index is 15.1. The first-order valence-corrected chi connectivity index (χ1v) is 12.0. The van der Waals surface area contributed by atoms with E-state index in [-0.39, 0.29) is 43.4 Å². The lowest BCUT2D eigenvalue weighted by atomic mass is 10.1. The Kier molecular flexibility index (Phi) is 7.66. The van der Waals surface area contributed by atoms with Gasteiger partial charge in [0.15, 0.2) is 18.2 Å². The predicted octanol–water partition coefficient (Wildman–Crippen LogP) is 3.76. The second-order valence-electron chi connectivity index (χ2n) is 8.68. The van der Waals surface area contributed by atoms with E-state index in [2.05, 4.69) is 20.8 Å². The van der Waals surface area contributed by atoms with Crippen LogP contribution >= 0.6 is 0 Å². The van der Waals surface area contributed by atoms with E-state index < -0.39 is 11.6 Å². The number of carbonyl (C=O) groups excluding carboxylic acids is 1. The van der Waals surface area contributed by atoms with Crippen LogP contribution in [0.3, 0.4) is 0 Å². The molecule has 5 rings (SSSR count). The van der Waals surface area contributed by atoms with Crippen molar-refractivity contribution in [2.45, 2.75) is 6.54 Å². The molecule has 2 aromatic heterocycles. The van der Waals surface area contributed by atoms with E-state index in [0.29, 0.717) is 41.7 Å². The Labute approximate surface area is 221 Å². The maximum Gasteiger partial charge on any atom is 0.260 e. The van der Waals surface area contributed by atoms with Gasteiger partial charge in [0.05, 0.1) is 12.8 Å². The zero-order chi connectivity index (χ0) is 27.2. The van der Waals surface area contributed by atoms with Gasteiger partial charge in [-0.1, -0.05) is 15.5 Å². The molecule has 13 heteroatoms. The maximum atomic E-state index is 15.1. The second-order valence-corrected chi connectivity index (χ2v) is 8.68. The summed E-state index contributed by atoms with van der Waals surface area (Å²) in [7, 11) is 0. The number of nitrogens with one attached hydrogen (secondary N) is 1. The summed E-state index contributed by atoms with van der Waals surface area (Å²) in [5.41, 5.74) is 1.07. The summed E-state index contributed by atoms with van der Waals surface area (Å²) in [5, 5.41) is 22.1. The molecule has 2 N–H and O–H groups in total. The van der Waals surface area contributed by atoms with E-state index in [9.17, 15) is 4.79 Å². The number of piperazine rings is 1. The molecule has 1 aliphatic heterocycles. The number of rotatable bonds is 9. The summed E-state index contributed by atoms with van der Waals surface area (Å²) in [6, 6.07) is 12.4. The number of halogens is 2. The van der Waals surface area contributed by atoms with Gasteiger partial charge in [-0.25, -0.2) is 8.78 Å². The molecule has 1 amide bonds. The largest absolute Gasteiger partial charge is 0.484 e. The van der Waals surface area contributed by atoms with Crippen molar-refractivity contribution in [3.05, 3.63) is 77.8 Å². The summed E-state index contributed by atoms with van der Waals surface area (Å²) >= 11 is 0. The number of carbonyl (C=O) groups is 1. The summed E-state index contributed by atoms with van der Waals surface area (Å²) in [6.45, 7) is 1.20. The van der Waals surface area contributed by atoms with E-state index in [4.69, 9.17) is 19.0 Å². The van der Waals surface area contributed by atoms with Gasteiger partial charge in [-0.15, -0.1) is 0 Å². The Morgan fingerprint density at radius 1 is 1.08 bits per heavy atom. The van der Waals surface area contributed by atoms with Gasteiger partial charge in [0.2, 0.25) is 0 Å². The zero-order valence-electron chi connectivity index (χ0n) is 20.6. The average Bonchev–Trinajstić information content (AvgIpc) is 3.64. The molecule has 0 bridgehead atoms. The van der Waals surface area contributed by atoms with Gasteiger partial charge in [-0.2, -0.15) is 0 Å². The molecule has 4 aromatic rings. The number of amides is 1. The number of nitrogens with zero attached hydrogens (tertiary/aromatic N) is 5. The van der Waals surface area contributed by atoms with Crippen LogP contribution in [0.15, 0.2) is 69.0 Å². The van der Waals surface area contributed by atoms with E-state index in [0.717, 1.165) is 0 Å². The minimum absolute atomic E-state index is 0.148. The number of ether oxygens (including phenoxy) is 1. The second kappa shape index (κ2) is 11.6. The van der Waals surface area contributed by atoms with Crippen molar-refractivity contribution in [3.8, 4) is 17.0 Å². The van der Waals surface area contributed by atoms with Gasteiger partial charge >= 0.3 is 0 Å². The highest BCUT2D eigenvalue weighted by Gasteiger charge is 2.26. The first kappa shape index (κ1) is 25.7. The van der Waals surface area contributed by atoms with Crippen molar-refractivity contribution in [1.29, 1.82) is 0 Å². The fourth-order valence-electron chi connectivity index (χ4n) is 4.16. The zero-order valence-corrected chi connectivity index (χ0v) is 20.6. The number of aromatic nitrogens is 2. The highest BCUT2D eigenvalue weighted by Crippen LogP contribution is 2.30. The third-order valence-corrected chi connectivity index (χ3v) is 6.15. The number of oxime groups is 1. The van der Waals surface area contributed by atoms with Gasteiger partial charge in [-0.05, 0) is 42.0 Å². The number of anilines is 2. The molecule has 1 fully saturated rings. The van der Waals surface area contributed by atoms with Crippen LogP contribution in [0.25, 0.3) is 11.3 Å². The molecule has 0 radical (unpaired) electrons. The van der Waals surface area contributed by atoms with Crippen LogP contribution in [-0.4, -0.2) is 65.3 Å². The summed E-state index contributed by atoms with van der Waals surface area (Å²) in [4.78, 5) is 15.8.